The standard InChI is InChI=1S/C17H21NOS/c1-14-7-9-15(10-8-14)5-2-3-11-18-17(19)13-16-6-4-12-20-16/h4,6-10,12H,2-3,5,11,13H2,1H3,(H,18,19). The van der Waals surface area contributed by atoms with Crippen molar-refractivity contribution in [3.05, 3.63) is 57.8 Å². The van der Waals surface area contributed by atoms with Gasteiger partial charge in [0.25, 0.3) is 0 Å². The Labute approximate surface area is 124 Å². The van der Waals surface area contributed by atoms with Gasteiger partial charge in [0.2, 0.25) is 5.91 Å². The number of carbonyl (C=O) groups is 1. The van der Waals surface area contributed by atoms with Crippen LogP contribution in [0.5, 0.6) is 0 Å². The van der Waals surface area contributed by atoms with Gasteiger partial charge in [0.05, 0.1) is 6.42 Å². The van der Waals surface area contributed by atoms with Crippen LogP contribution in [0.1, 0.15) is 28.8 Å². The minimum absolute atomic E-state index is 0.128. The van der Waals surface area contributed by atoms with E-state index < -0.39 is 0 Å². The molecular weight excluding hydrogens is 266 g/mol. The summed E-state index contributed by atoms with van der Waals surface area (Å²) in [5.41, 5.74) is 2.68. The van der Waals surface area contributed by atoms with Crippen molar-refractivity contribution in [2.24, 2.45) is 0 Å². The number of carbonyl (C=O) groups excluding carboxylic acids is 1. The van der Waals surface area contributed by atoms with Crippen LogP contribution in [0, 0.1) is 6.92 Å². The molecule has 1 aromatic carbocycles. The fraction of sp³-hybridized carbons (Fsp3) is 0.353. The van der Waals surface area contributed by atoms with Crippen molar-refractivity contribution in [1.29, 1.82) is 0 Å². The van der Waals surface area contributed by atoms with Gasteiger partial charge in [-0.3, -0.25) is 4.79 Å². The first kappa shape index (κ1) is 14.8. The number of rotatable bonds is 7. The Morgan fingerprint density at radius 3 is 2.65 bits per heavy atom. The molecule has 3 heteroatoms. The summed E-state index contributed by atoms with van der Waals surface area (Å²) in [6.45, 7) is 2.88. The number of amides is 1. The lowest BCUT2D eigenvalue weighted by molar-refractivity contribution is -0.120. The summed E-state index contributed by atoms with van der Waals surface area (Å²) in [6, 6.07) is 12.7. The minimum Gasteiger partial charge on any atom is -0.356 e. The van der Waals surface area contributed by atoms with Gasteiger partial charge in [-0.15, -0.1) is 11.3 Å². The summed E-state index contributed by atoms with van der Waals surface area (Å²) in [5.74, 6) is 0.128. The molecule has 0 atom stereocenters. The van der Waals surface area contributed by atoms with Crippen LogP contribution in [-0.4, -0.2) is 12.5 Å². The predicted molar refractivity (Wildman–Crippen MR) is 85.1 cm³/mol. The van der Waals surface area contributed by atoms with Gasteiger partial charge in [-0.1, -0.05) is 35.9 Å². The highest BCUT2D eigenvalue weighted by Gasteiger charge is 2.03. The molecule has 0 bridgehead atoms. The zero-order valence-corrected chi connectivity index (χ0v) is 12.7. The molecule has 1 amide bonds. The zero-order chi connectivity index (χ0) is 14.2. The molecule has 2 nitrogen and oxygen atoms in total. The largest absolute Gasteiger partial charge is 0.356 e. The molecule has 2 rings (SSSR count). The second-order valence-corrected chi connectivity index (χ2v) is 6.08. The van der Waals surface area contributed by atoms with Crippen LogP contribution in [0.15, 0.2) is 41.8 Å². The van der Waals surface area contributed by atoms with E-state index in [2.05, 4.69) is 36.5 Å². The van der Waals surface area contributed by atoms with E-state index in [0.29, 0.717) is 6.42 Å². The Morgan fingerprint density at radius 1 is 1.15 bits per heavy atom. The van der Waals surface area contributed by atoms with Crippen LogP contribution in [0.3, 0.4) is 0 Å². The first-order valence-electron chi connectivity index (χ1n) is 7.08. The molecule has 0 aliphatic rings. The lowest BCUT2D eigenvalue weighted by Gasteiger charge is -2.05. The molecule has 1 N–H and O–H groups in total. The molecule has 106 valence electrons. The molecule has 0 unspecified atom stereocenters. The average Bonchev–Trinajstić information content (AvgIpc) is 2.93. The average molecular weight is 287 g/mol. The van der Waals surface area contributed by atoms with Crippen LogP contribution in [0.2, 0.25) is 0 Å². The van der Waals surface area contributed by atoms with E-state index in [-0.39, 0.29) is 5.91 Å². The van der Waals surface area contributed by atoms with Gasteiger partial charge in [0.15, 0.2) is 0 Å². The normalized spacial score (nSPS) is 10.4. The molecule has 0 saturated heterocycles. The quantitative estimate of drug-likeness (QED) is 0.772. The number of thiophene rings is 1. The van der Waals surface area contributed by atoms with E-state index in [1.165, 1.54) is 11.1 Å². The van der Waals surface area contributed by atoms with E-state index >= 15 is 0 Å². The number of hydrogen-bond acceptors (Lipinski definition) is 2. The lowest BCUT2D eigenvalue weighted by Crippen LogP contribution is -2.25. The Hall–Kier alpha value is -1.61. The topological polar surface area (TPSA) is 29.1 Å². The number of benzene rings is 1. The van der Waals surface area contributed by atoms with E-state index in [9.17, 15) is 4.79 Å². The summed E-state index contributed by atoms with van der Waals surface area (Å²) in [4.78, 5) is 12.8. The van der Waals surface area contributed by atoms with Crippen molar-refractivity contribution in [3.63, 3.8) is 0 Å². The fourth-order valence-electron chi connectivity index (χ4n) is 2.07. The highest BCUT2D eigenvalue weighted by molar-refractivity contribution is 7.10. The van der Waals surface area contributed by atoms with E-state index in [0.717, 1.165) is 30.7 Å². The summed E-state index contributed by atoms with van der Waals surface area (Å²) >= 11 is 1.63. The Balaban J connectivity index is 1.57. The molecule has 0 spiro atoms. The van der Waals surface area contributed by atoms with E-state index in [4.69, 9.17) is 0 Å². The first-order chi connectivity index (χ1) is 9.74. The lowest BCUT2D eigenvalue weighted by atomic mass is 10.1. The minimum atomic E-state index is 0.128. The van der Waals surface area contributed by atoms with E-state index in [1.54, 1.807) is 11.3 Å². The third kappa shape index (κ3) is 5.17. The van der Waals surface area contributed by atoms with Crippen LogP contribution in [0.25, 0.3) is 0 Å². The maximum Gasteiger partial charge on any atom is 0.225 e. The van der Waals surface area contributed by atoms with Gasteiger partial charge in [-0.05, 0) is 43.2 Å². The van der Waals surface area contributed by atoms with Crippen LogP contribution in [0.4, 0.5) is 0 Å². The molecule has 0 radical (unpaired) electrons. The molecule has 0 saturated carbocycles. The molecule has 0 aliphatic carbocycles. The van der Waals surface area contributed by atoms with Crippen molar-refractivity contribution in [1.82, 2.24) is 5.32 Å². The number of aryl methyl sites for hydroxylation is 2. The van der Waals surface area contributed by atoms with Gasteiger partial charge in [-0.2, -0.15) is 0 Å². The Morgan fingerprint density at radius 2 is 1.95 bits per heavy atom. The Kier molecular flexibility index (Phi) is 5.81. The van der Waals surface area contributed by atoms with Crippen molar-refractivity contribution >= 4 is 17.2 Å². The molecule has 2 aromatic rings. The monoisotopic (exact) mass is 287 g/mol. The highest BCUT2D eigenvalue weighted by Crippen LogP contribution is 2.09. The third-order valence-corrected chi connectivity index (χ3v) is 4.13. The summed E-state index contributed by atoms with van der Waals surface area (Å²) in [5, 5.41) is 4.99. The smallest absolute Gasteiger partial charge is 0.225 e. The van der Waals surface area contributed by atoms with Crippen molar-refractivity contribution in [2.45, 2.75) is 32.6 Å². The molecule has 1 heterocycles. The summed E-state index contributed by atoms with van der Waals surface area (Å²) in [6.07, 6.45) is 3.74. The van der Waals surface area contributed by atoms with Gasteiger partial charge in [-0.25, -0.2) is 0 Å². The molecular formula is C17H21NOS. The predicted octanol–water partition coefficient (Wildman–Crippen LogP) is 3.74. The first-order valence-corrected chi connectivity index (χ1v) is 7.96. The van der Waals surface area contributed by atoms with Crippen LogP contribution in [-0.2, 0) is 17.6 Å². The third-order valence-electron chi connectivity index (χ3n) is 3.25. The van der Waals surface area contributed by atoms with Crippen LogP contribution >= 0.6 is 11.3 Å². The van der Waals surface area contributed by atoms with Gasteiger partial charge < -0.3 is 5.32 Å². The number of nitrogens with one attached hydrogen (secondary N) is 1. The maximum absolute atomic E-state index is 11.7. The Bertz CT molecular complexity index is 516. The molecule has 20 heavy (non-hydrogen) atoms. The molecule has 1 aromatic heterocycles. The van der Waals surface area contributed by atoms with Crippen molar-refractivity contribution in [3.8, 4) is 0 Å². The SMILES string of the molecule is Cc1ccc(CCCCNC(=O)Cc2cccs2)cc1. The second kappa shape index (κ2) is 7.85. The zero-order valence-electron chi connectivity index (χ0n) is 11.9. The van der Waals surface area contributed by atoms with Gasteiger partial charge in [0.1, 0.15) is 0 Å². The maximum atomic E-state index is 11.7. The highest BCUT2D eigenvalue weighted by atomic mass is 32.1. The summed E-state index contributed by atoms with van der Waals surface area (Å²) < 4.78 is 0. The second-order valence-electron chi connectivity index (χ2n) is 5.05. The van der Waals surface area contributed by atoms with Gasteiger partial charge >= 0.3 is 0 Å². The van der Waals surface area contributed by atoms with Crippen LogP contribution < -0.4 is 5.32 Å². The fourth-order valence-corrected chi connectivity index (χ4v) is 2.77. The summed E-state index contributed by atoms with van der Waals surface area (Å²) in [7, 11) is 0. The molecule has 0 fully saturated rings. The van der Waals surface area contributed by atoms with Gasteiger partial charge in [0, 0.05) is 11.4 Å². The number of hydrogen-bond donors (Lipinski definition) is 1. The van der Waals surface area contributed by atoms with E-state index in [1.807, 2.05) is 17.5 Å². The van der Waals surface area contributed by atoms with Crippen molar-refractivity contribution in [2.75, 3.05) is 6.54 Å². The van der Waals surface area contributed by atoms with Crippen molar-refractivity contribution < 1.29 is 4.79 Å². The molecule has 0 aliphatic heterocycles. The number of unbranched alkanes of at least 4 members (excludes halogenated alkanes) is 1.